The van der Waals surface area contributed by atoms with E-state index in [1.807, 2.05) is 60.7 Å². The lowest BCUT2D eigenvalue weighted by molar-refractivity contribution is -0.147. The molecule has 0 atom stereocenters. The second kappa shape index (κ2) is 9.34. The number of hydrogen-bond donors (Lipinski definition) is 1. The molecule has 0 bridgehead atoms. The van der Waals surface area contributed by atoms with Gasteiger partial charge in [-0.2, -0.15) is 9.72 Å². The smallest absolute Gasteiger partial charge is 0.312 e. The molecule has 0 aliphatic rings. The van der Waals surface area contributed by atoms with E-state index in [4.69, 9.17) is 16.3 Å². The fraction of sp³-hybridized carbons (Fsp3) is 0.150. The number of alkyl halides is 1. The Morgan fingerprint density at radius 3 is 2.18 bits per heavy atom. The lowest BCUT2D eigenvalue weighted by Crippen LogP contribution is -2.20. The highest BCUT2D eigenvalue weighted by atomic mass is 35.5. The number of carbonyl (C=O) groups excluding carboxylic acids is 2. The van der Waals surface area contributed by atoms with E-state index in [1.54, 1.807) is 5.38 Å². The van der Waals surface area contributed by atoms with Gasteiger partial charge in [0, 0.05) is 5.38 Å². The number of amides is 1. The Hall–Kier alpha value is -2.90. The normalized spacial score (nSPS) is 11.6. The lowest BCUT2D eigenvalue weighted by Gasteiger charge is -2.19. The molecule has 1 N–H and O–H groups in total. The zero-order chi connectivity index (χ0) is 19.9. The Bertz CT molecular complexity index is 976. The van der Waals surface area contributed by atoms with Gasteiger partial charge >= 0.3 is 5.97 Å². The van der Waals surface area contributed by atoms with Crippen LogP contribution in [0.2, 0.25) is 0 Å². The van der Waals surface area contributed by atoms with Crippen molar-refractivity contribution in [1.82, 2.24) is 4.73 Å². The number of hydrogen-bond acceptors (Lipinski definition) is 5. The minimum Gasteiger partial charge on any atom is -0.452 e. The minimum absolute atomic E-state index is 0.0520. The maximum absolute atomic E-state index is 12.5. The number of esters is 1. The van der Waals surface area contributed by atoms with Crippen molar-refractivity contribution in [1.29, 1.82) is 0 Å². The molecule has 0 aliphatic carbocycles. The van der Waals surface area contributed by atoms with Crippen LogP contribution in [0.15, 0.2) is 71.0 Å². The number of benzene rings is 2. The van der Waals surface area contributed by atoms with Crippen LogP contribution in [-0.4, -0.2) is 27.7 Å². The third-order valence-electron chi connectivity index (χ3n) is 3.87. The summed E-state index contributed by atoms with van der Waals surface area (Å²) < 4.78 is 6.42. The van der Waals surface area contributed by atoms with E-state index in [-0.39, 0.29) is 22.8 Å². The number of ether oxygens (including phenoxy) is 1. The quantitative estimate of drug-likeness (QED) is 0.379. The first-order valence-corrected chi connectivity index (χ1v) is 9.81. The number of carbonyl (C=O) groups is 2. The molecule has 2 aromatic carbocycles. The second-order valence-electron chi connectivity index (χ2n) is 5.83. The average molecular weight is 417 g/mol. The highest BCUT2D eigenvalue weighted by Gasteiger charge is 2.20. The summed E-state index contributed by atoms with van der Waals surface area (Å²) >= 11 is 6.45. The largest absolute Gasteiger partial charge is 0.452 e. The minimum atomic E-state index is -0.575. The third kappa shape index (κ3) is 4.88. The van der Waals surface area contributed by atoms with Crippen molar-refractivity contribution < 1.29 is 19.5 Å². The Morgan fingerprint density at radius 2 is 1.64 bits per heavy atom. The molecule has 1 aromatic heterocycles. The van der Waals surface area contributed by atoms with Crippen LogP contribution in [-0.2, 0) is 20.7 Å². The molecule has 1 amide bonds. The monoisotopic (exact) mass is 416 g/mol. The summed E-state index contributed by atoms with van der Waals surface area (Å²) in [6.07, 6.45) is -0.740. The number of thiazole rings is 1. The SMILES string of the molecule is O=C(CCl)N=c1scc(CC(=O)OC(c2ccccc2)c2ccccc2)n1O. The second-order valence-corrected chi connectivity index (χ2v) is 6.93. The van der Waals surface area contributed by atoms with E-state index < -0.39 is 18.0 Å². The number of aromatic nitrogens is 1. The molecule has 0 aliphatic heterocycles. The maximum atomic E-state index is 12.5. The van der Waals surface area contributed by atoms with Crippen molar-refractivity contribution in [3.8, 4) is 0 Å². The predicted octanol–water partition coefficient (Wildman–Crippen LogP) is 3.33. The highest BCUT2D eigenvalue weighted by Crippen LogP contribution is 2.26. The lowest BCUT2D eigenvalue weighted by atomic mass is 10.0. The summed E-state index contributed by atoms with van der Waals surface area (Å²) in [4.78, 5) is 27.6. The van der Waals surface area contributed by atoms with Gasteiger partial charge in [0.05, 0.1) is 12.1 Å². The standard InChI is InChI=1S/C20H17ClN2O4S/c21-12-17(24)22-20-23(26)16(13-28-20)11-18(25)27-19(14-7-3-1-4-8-14)15-9-5-2-6-10-15/h1-10,13,19,26H,11-12H2. The van der Waals surface area contributed by atoms with Gasteiger partial charge in [-0.25, -0.2) is 0 Å². The maximum Gasteiger partial charge on any atom is 0.312 e. The molecule has 0 spiro atoms. The molecule has 0 saturated heterocycles. The van der Waals surface area contributed by atoms with Crippen LogP contribution in [0.1, 0.15) is 22.9 Å². The Kier molecular flexibility index (Phi) is 6.62. The van der Waals surface area contributed by atoms with Crippen molar-refractivity contribution in [3.63, 3.8) is 0 Å². The summed E-state index contributed by atoms with van der Waals surface area (Å²) in [5.74, 6) is -1.38. The van der Waals surface area contributed by atoms with Crippen LogP contribution in [0.25, 0.3) is 0 Å². The molecule has 8 heteroatoms. The van der Waals surface area contributed by atoms with E-state index in [2.05, 4.69) is 4.99 Å². The Labute approximate surface area is 170 Å². The number of rotatable bonds is 6. The molecule has 144 valence electrons. The van der Waals surface area contributed by atoms with Crippen molar-refractivity contribution in [2.75, 3.05) is 5.88 Å². The molecule has 0 saturated carbocycles. The molecule has 3 rings (SSSR count). The third-order valence-corrected chi connectivity index (χ3v) is 4.96. The molecular weight excluding hydrogens is 400 g/mol. The first kappa shape index (κ1) is 19.9. The van der Waals surface area contributed by atoms with Gasteiger partial charge in [0.25, 0.3) is 5.91 Å². The van der Waals surface area contributed by atoms with Crippen LogP contribution in [0, 0.1) is 0 Å². The number of nitrogens with zero attached hydrogens (tertiary/aromatic N) is 2. The van der Waals surface area contributed by atoms with Crippen LogP contribution >= 0.6 is 22.9 Å². The molecule has 1 heterocycles. The highest BCUT2D eigenvalue weighted by molar-refractivity contribution is 7.07. The van der Waals surface area contributed by atoms with E-state index in [1.165, 1.54) is 0 Å². The van der Waals surface area contributed by atoms with Gasteiger partial charge in [0.15, 0.2) is 6.10 Å². The fourth-order valence-electron chi connectivity index (χ4n) is 2.58. The Balaban J connectivity index is 1.80. The fourth-order valence-corrected chi connectivity index (χ4v) is 3.43. The molecule has 28 heavy (non-hydrogen) atoms. The summed E-state index contributed by atoms with van der Waals surface area (Å²) in [6.45, 7) is 0. The van der Waals surface area contributed by atoms with E-state index in [9.17, 15) is 14.8 Å². The van der Waals surface area contributed by atoms with Crippen molar-refractivity contribution in [2.45, 2.75) is 12.5 Å². The van der Waals surface area contributed by atoms with E-state index in [0.29, 0.717) is 4.73 Å². The van der Waals surface area contributed by atoms with Gasteiger partial charge in [-0.1, -0.05) is 60.7 Å². The van der Waals surface area contributed by atoms with Crippen molar-refractivity contribution in [2.24, 2.45) is 4.99 Å². The van der Waals surface area contributed by atoms with Crippen molar-refractivity contribution in [3.05, 3.63) is 87.7 Å². The molecular formula is C20H17ClN2O4S. The zero-order valence-corrected chi connectivity index (χ0v) is 16.3. The predicted molar refractivity (Wildman–Crippen MR) is 105 cm³/mol. The van der Waals surface area contributed by atoms with Gasteiger partial charge in [-0.15, -0.1) is 22.9 Å². The first-order chi connectivity index (χ1) is 13.6. The van der Waals surface area contributed by atoms with Gasteiger partial charge in [0.1, 0.15) is 5.88 Å². The zero-order valence-electron chi connectivity index (χ0n) is 14.7. The van der Waals surface area contributed by atoms with Crippen LogP contribution in [0.4, 0.5) is 0 Å². The molecule has 0 unspecified atom stereocenters. The van der Waals surface area contributed by atoms with Gasteiger partial charge in [-0.3, -0.25) is 9.59 Å². The molecule has 0 fully saturated rings. The van der Waals surface area contributed by atoms with Crippen molar-refractivity contribution >= 4 is 34.8 Å². The number of halogens is 1. The van der Waals surface area contributed by atoms with E-state index >= 15 is 0 Å². The van der Waals surface area contributed by atoms with Crippen LogP contribution < -0.4 is 4.80 Å². The molecule has 0 radical (unpaired) electrons. The molecule has 6 nitrogen and oxygen atoms in total. The van der Waals surface area contributed by atoms with E-state index in [0.717, 1.165) is 22.5 Å². The summed E-state index contributed by atoms with van der Waals surface area (Å²) in [6, 6.07) is 18.8. The van der Waals surface area contributed by atoms with Crippen LogP contribution in [0.5, 0.6) is 0 Å². The summed E-state index contributed by atoms with van der Waals surface area (Å²) in [5.41, 5.74) is 1.95. The first-order valence-electron chi connectivity index (χ1n) is 8.40. The average Bonchev–Trinajstić information content (AvgIpc) is 3.06. The van der Waals surface area contributed by atoms with Gasteiger partial charge in [0.2, 0.25) is 4.80 Å². The topological polar surface area (TPSA) is 80.9 Å². The molecule has 3 aromatic rings. The summed E-state index contributed by atoms with van der Waals surface area (Å²) in [5, 5.41) is 11.7. The Morgan fingerprint density at radius 1 is 1.07 bits per heavy atom. The van der Waals surface area contributed by atoms with Gasteiger partial charge in [-0.05, 0) is 11.1 Å². The van der Waals surface area contributed by atoms with Gasteiger partial charge < -0.3 is 9.94 Å². The van der Waals surface area contributed by atoms with Crippen LogP contribution in [0.3, 0.4) is 0 Å². The summed E-state index contributed by atoms with van der Waals surface area (Å²) in [7, 11) is 0.